The Morgan fingerprint density at radius 1 is 1.50 bits per heavy atom. The first-order valence-electron chi connectivity index (χ1n) is 5.43. The zero-order chi connectivity index (χ0) is 13.8. The third kappa shape index (κ3) is 3.52. The number of thiophene rings is 1. The molecule has 0 saturated carbocycles. The number of likely N-dealkylation sites (N-methyl/N-ethyl adjacent to an activating group) is 2. The lowest BCUT2D eigenvalue weighted by atomic mass is 10.5. The van der Waals surface area contributed by atoms with E-state index in [4.69, 9.17) is 5.73 Å². The normalized spacial score (nSPS) is 11.8. The van der Waals surface area contributed by atoms with Crippen LogP contribution in [0.4, 0.5) is 0 Å². The summed E-state index contributed by atoms with van der Waals surface area (Å²) in [6.45, 7) is 2.37. The molecule has 1 aromatic rings. The predicted octanol–water partition coefficient (Wildman–Crippen LogP) is -0.0366. The summed E-state index contributed by atoms with van der Waals surface area (Å²) in [5.74, 6) is -0.320. The van der Waals surface area contributed by atoms with Gasteiger partial charge in [-0.1, -0.05) is 0 Å². The number of hydrogen-bond acceptors (Lipinski definition) is 5. The summed E-state index contributed by atoms with van der Waals surface area (Å²) in [6, 6.07) is 3.19. The number of carbonyl (C=O) groups is 1. The van der Waals surface area contributed by atoms with Crippen LogP contribution in [0.5, 0.6) is 0 Å². The summed E-state index contributed by atoms with van der Waals surface area (Å²) < 4.78 is 25.5. The molecule has 0 fully saturated rings. The molecule has 0 aliphatic heterocycles. The third-order valence-corrected chi connectivity index (χ3v) is 5.62. The Kier molecular flexibility index (Phi) is 5.27. The molecule has 0 radical (unpaired) electrons. The van der Waals surface area contributed by atoms with Gasteiger partial charge >= 0.3 is 0 Å². The molecule has 0 aliphatic rings. The molecule has 0 unspecified atom stereocenters. The van der Waals surface area contributed by atoms with Crippen molar-refractivity contribution in [3.8, 4) is 0 Å². The average Bonchev–Trinajstić information content (AvgIpc) is 2.78. The molecule has 0 spiro atoms. The zero-order valence-electron chi connectivity index (χ0n) is 10.3. The minimum Gasteiger partial charge on any atom is -0.355 e. The standard InChI is InChI=1S/C10H17N3O3S2/c1-3-12-9(14)7-13(2)18(15,16)10-5-4-8(6-11)17-10/h4-5H,3,6-7,11H2,1-2H3,(H,12,14). The van der Waals surface area contributed by atoms with Crippen LogP contribution in [0.2, 0.25) is 0 Å². The summed E-state index contributed by atoms with van der Waals surface area (Å²) in [7, 11) is -2.22. The number of nitrogens with two attached hydrogens (primary N) is 1. The fourth-order valence-electron chi connectivity index (χ4n) is 1.30. The van der Waals surface area contributed by atoms with Crippen LogP contribution in [0.25, 0.3) is 0 Å². The zero-order valence-corrected chi connectivity index (χ0v) is 12.0. The second-order valence-electron chi connectivity index (χ2n) is 3.64. The van der Waals surface area contributed by atoms with Crippen LogP contribution in [0.1, 0.15) is 11.8 Å². The smallest absolute Gasteiger partial charge is 0.252 e. The van der Waals surface area contributed by atoms with Gasteiger partial charge < -0.3 is 11.1 Å². The number of hydrogen-bond donors (Lipinski definition) is 2. The van der Waals surface area contributed by atoms with E-state index in [9.17, 15) is 13.2 Å². The van der Waals surface area contributed by atoms with E-state index < -0.39 is 10.0 Å². The highest BCUT2D eigenvalue weighted by Crippen LogP contribution is 2.23. The van der Waals surface area contributed by atoms with E-state index >= 15 is 0 Å². The Labute approximate surface area is 111 Å². The summed E-state index contributed by atoms with van der Waals surface area (Å²) in [5, 5.41) is 2.55. The number of sulfonamides is 1. The molecule has 0 atom stereocenters. The van der Waals surface area contributed by atoms with Crippen LogP contribution in [-0.2, 0) is 21.4 Å². The van der Waals surface area contributed by atoms with E-state index in [-0.39, 0.29) is 16.7 Å². The van der Waals surface area contributed by atoms with Crippen molar-refractivity contribution in [2.24, 2.45) is 5.73 Å². The summed E-state index contributed by atoms with van der Waals surface area (Å²) in [6.07, 6.45) is 0. The summed E-state index contributed by atoms with van der Waals surface area (Å²) in [5.41, 5.74) is 5.44. The minimum absolute atomic E-state index is 0.188. The van der Waals surface area contributed by atoms with E-state index in [2.05, 4.69) is 5.32 Å². The number of nitrogens with zero attached hydrogens (tertiary/aromatic N) is 1. The lowest BCUT2D eigenvalue weighted by Gasteiger charge is -2.15. The van der Waals surface area contributed by atoms with Gasteiger partial charge in [0.05, 0.1) is 6.54 Å². The molecular formula is C10H17N3O3S2. The quantitative estimate of drug-likeness (QED) is 0.769. The van der Waals surface area contributed by atoms with Crippen molar-refractivity contribution >= 4 is 27.3 Å². The number of carbonyl (C=O) groups excluding carboxylic acids is 1. The molecule has 18 heavy (non-hydrogen) atoms. The Hall–Kier alpha value is -0.960. The van der Waals surface area contributed by atoms with Gasteiger partial charge in [-0.2, -0.15) is 4.31 Å². The molecule has 1 heterocycles. The van der Waals surface area contributed by atoms with Gasteiger partial charge in [0.15, 0.2) is 0 Å². The first-order valence-corrected chi connectivity index (χ1v) is 7.69. The van der Waals surface area contributed by atoms with E-state index in [0.717, 1.165) is 20.5 Å². The summed E-state index contributed by atoms with van der Waals surface area (Å²) >= 11 is 1.12. The van der Waals surface area contributed by atoms with Gasteiger partial charge in [-0.15, -0.1) is 11.3 Å². The Morgan fingerprint density at radius 3 is 2.67 bits per heavy atom. The van der Waals surface area contributed by atoms with Gasteiger partial charge in [0.25, 0.3) is 10.0 Å². The minimum atomic E-state index is -3.61. The first kappa shape index (κ1) is 15.1. The van der Waals surface area contributed by atoms with E-state index in [0.29, 0.717) is 13.1 Å². The van der Waals surface area contributed by atoms with Crippen molar-refractivity contribution in [1.82, 2.24) is 9.62 Å². The molecule has 0 saturated heterocycles. The van der Waals surface area contributed by atoms with Crippen LogP contribution in [0.3, 0.4) is 0 Å². The van der Waals surface area contributed by atoms with Gasteiger partial charge in [-0.05, 0) is 19.1 Å². The molecule has 102 valence electrons. The van der Waals surface area contributed by atoms with Crippen LogP contribution in [0, 0.1) is 0 Å². The second-order valence-corrected chi connectivity index (χ2v) is 7.08. The highest BCUT2D eigenvalue weighted by molar-refractivity contribution is 7.91. The maximum atomic E-state index is 12.1. The fourth-order valence-corrected chi connectivity index (χ4v) is 3.87. The van der Waals surface area contributed by atoms with Crippen molar-refractivity contribution in [2.45, 2.75) is 17.7 Å². The SMILES string of the molecule is CCNC(=O)CN(C)S(=O)(=O)c1ccc(CN)s1. The van der Waals surface area contributed by atoms with Crippen molar-refractivity contribution < 1.29 is 13.2 Å². The lowest BCUT2D eigenvalue weighted by molar-refractivity contribution is -0.121. The molecule has 0 bridgehead atoms. The van der Waals surface area contributed by atoms with Gasteiger partial charge in [-0.25, -0.2) is 8.42 Å². The molecule has 8 heteroatoms. The largest absolute Gasteiger partial charge is 0.355 e. The van der Waals surface area contributed by atoms with Crippen LogP contribution < -0.4 is 11.1 Å². The second kappa shape index (κ2) is 6.28. The molecule has 3 N–H and O–H groups in total. The monoisotopic (exact) mass is 291 g/mol. The van der Waals surface area contributed by atoms with E-state index in [1.807, 2.05) is 0 Å². The molecule has 1 aromatic heterocycles. The van der Waals surface area contributed by atoms with Crippen LogP contribution in [-0.4, -0.2) is 38.8 Å². The van der Waals surface area contributed by atoms with E-state index in [1.165, 1.54) is 13.1 Å². The maximum Gasteiger partial charge on any atom is 0.252 e. The maximum absolute atomic E-state index is 12.1. The van der Waals surface area contributed by atoms with E-state index in [1.54, 1.807) is 13.0 Å². The van der Waals surface area contributed by atoms with Gasteiger partial charge in [-0.3, -0.25) is 4.79 Å². The van der Waals surface area contributed by atoms with Crippen molar-refractivity contribution in [1.29, 1.82) is 0 Å². The van der Waals surface area contributed by atoms with Crippen molar-refractivity contribution in [3.05, 3.63) is 17.0 Å². The summed E-state index contributed by atoms with van der Waals surface area (Å²) in [4.78, 5) is 12.2. The molecule has 0 aromatic carbocycles. The topological polar surface area (TPSA) is 92.5 Å². The van der Waals surface area contributed by atoms with Gasteiger partial charge in [0.1, 0.15) is 4.21 Å². The van der Waals surface area contributed by atoms with Gasteiger partial charge in [0, 0.05) is 25.0 Å². The van der Waals surface area contributed by atoms with Crippen LogP contribution >= 0.6 is 11.3 Å². The molecule has 6 nitrogen and oxygen atoms in total. The molecule has 1 amide bonds. The van der Waals surface area contributed by atoms with Gasteiger partial charge in [0.2, 0.25) is 5.91 Å². The lowest BCUT2D eigenvalue weighted by Crippen LogP contribution is -2.37. The number of rotatable bonds is 6. The highest BCUT2D eigenvalue weighted by Gasteiger charge is 2.24. The Balaban J connectivity index is 2.82. The molecule has 1 rings (SSSR count). The Morgan fingerprint density at radius 2 is 2.17 bits per heavy atom. The molecular weight excluding hydrogens is 274 g/mol. The third-order valence-electron chi connectivity index (χ3n) is 2.24. The fraction of sp³-hybridized carbons (Fsp3) is 0.500. The van der Waals surface area contributed by atoms with Crippen molar-refractivity contribution in [2.75, 3.05) is 20.1 Å². The predicted molar refractivity (Wildman–Crippen MR) is 70.7 cm³/mol. The van der Waals surface area contributed by atoms with Crippen molar-refractivity contribution in [3.63, 3.8) is 0 Å². The highest BCUT2D eigenvalue weighted by atomic mass is 32.2. The Bertz CT molecular complexity index is 510. The number of amides is 1. The average molecular weight is 291 g/mol. The first-order chi connectivity index (χ1) is 8.41. The number of nitrogens with one attached hydrogen (secondary N) is 1. The molecule has 0 aliphatic carbocycles. The van der Waals surface area contributed by atoms with Crippen LogP contribution in [0.15, 0.2) is 16.3 Å².